The van der Waals surface area contributed by atoms with Gasteiger partial charge in [0, 0.05) is 23.5 Å². The standard InChI is InChI=1S/C17H23N3O2/c1-11-8-15(9-12(2)19-11)10-17(21)18-7-5-6-16-13(3)20-22-14(16)4/h8-9H,5-7,10H2,1-4H3,(H,18,21). The number of hydrogen-bond donors (Lipinski definition) is 1. The maximum Gasteiger partial charge on any atom is 0.224 e. The first kappa shape index (κ1) is 16.2. The smallest absolute Gasteiger partial charge is 0.224 e. The Balaban J connectivity index is 1.76. The Labute approximate surface area is 131 Å². The SMILES string of the molecule is Cc1cc(CC(=O)NCCCc2c(C)noc2C)cc(C)n1. The van der Waals surface area contributed by atoms with Crippen LogP contribution >= 0.6 is 0 Å². The van der Waals surface area contributed by atoms with Crippen LogP contribution in [0.3, 0.4) is 0 Å². The molecule has 2 aromatic rings. The van der Waals surface area contributed by atoms with E-state index in [0.717, 1.165) is 46.8 Å². The van der Waals surface area contributed by atoms with Crippen molar-refractivity contribution in [3.05, 3.63) is 46.1 Å². The van der Waals surface area contributed by atoms with E-state index < -0.39 is 0 Å². The van der Waals surface area contributed by atoms with Gasteiger partial charge in [0.1, 0.15) is 5.76 Å². The number of carbonyl (C=O) groups is 1. The number of nitrogens with one attached hydrogen (secondary N) is 1. The predicted molar refractivity (Wildman–Crippen MR) is 84.7 cm³/mol. The van der Waals surface area contributed by atoms with Crippen LogP contribution in [0.15, 0.2) is 16.7 Å². The molecule has 2 heterocycles. The minimum absolute atomic E-state index is 0.0452. The Morgan fingerprint density at radius 1 is 1.18 bits per heavy atom. The van der Waals surface area contributed by atoms with Crippen molar-refractivity contribution >= 4 is 5.91 Å². The summed E-state index contributed by atoms with van der Waals surface area (Å²) in [6.45, 7) is 8.41. The van der Waals surface area contributed by atoms with Gasteiger partial charge < -0.3 is 9.84 Å². The van der Waals surface area contributed by atoms with Gasteiger partial charge >= 0.3 is 0 Å². The summed E-state index contributed by atoms with van der Waals surface area (Å²) in [5, 5.41) is 6.90. The molecule has 0 bridgehead atoms. The summed E-state index contributed by atoms with van der Waals surface area (Å²) in [4.78, 5) is 16.3. The molecular weight excluding hydrogens is 278 g/mol. The van der Waals surface area contributed by atoms with Gasteiger partial charge in [-0.25, -0.2) is 0 Å². The number of amides is 1. The largest absolute Gasteiger partial charge is 0.361 e. The molecule has 1 amide bonds. The Hall–Kier alpha value is -2.17. The maximum absolute atomic E-state index is 12.0. The predicted octanol–water partition coefficient (Wildman–Crippen LogP) is 2.59. The fourth-order valence-corrected chi connectivity index (χ4v) is 2.62. The fraction of sp³-hybridized carbons (Fsp3) is 0.471. The first-order valence-electron chi connectivity index (χ1n) is 7.58. The molecule has 0 unspecified atom stereocenters. The Kier molecular flexibility index (Phi) is 5.31. The van der Waals surface area contributed by atoms with Crippen molar-refractivity contribution in [2.45, 2.75) is 47.0 Å². The molecule has 0 aliphatic carbocycles. The van der Waals surface area contributed by atoms with Crippen LogP contribution in [0.25, 0.3) is 0 Å². The first-order chi connectivity index (χ1) is 10.5. The molecule has 5 heteroatoms. The molecule has 0 saturated carbocycles. The average molecular weight is 301 g/mol. The van der Waals surface area contributed by atoms with Crippen LogP contribution in [0.2, 0.25) is 0 Å². The quantitative estimate of drug-likeness (QED) is 0.833. The Morgan fingerprint density at radius 2 is 1.86 bits per heavy atom. The number of aryl methyl sites for hydroxylation is 4. The van der Waals surface area contributed by atoms with Crippen LogP contribution < -0.4 is 5.32 Å². The van der Waals surface area contributed by atoms with Crippen LogP contribution in [0.5, 0.6) is 0 Å². The number of nitrogens with zero attached hydrogens (tertiary/aromatic N) is 2. The molecule has 0 atom stereocenters. The zero-order valence-electron chi connectivity index (χ0n) is 13.7. The molecule has 22 heavy (non-hydrogen) atoms. The molecule has 0 aliphatic heterocycles. The van der Waals surface area contributed by atoms with E-state index in [9.17, 15) is 4.79 Å². The van der Waals surface area contributed by atoms with Crippen LogP contribution in [0, 0.1) is 27.7 Å². The molecule has 0 saturated heterocycles. The minimum Gasteiger partial charge on any atom is -0.361 e. The molecule has 5 nitrogen and oxygen atoms in total. The monoisotopic (exact) mass is 301 g/mol. The van der Waals surface area contributed by atoms with E-state index in [1.54, 1.807) is 0 Å². The molecule has 0 aromatic carbocycles. The summed E-state index contributed by atoms with van der Waals surface area (Å²) < 4.78 is 5.13. The van der Waals surface area contributed by atoms with E-state index in [4.69, 9.17) is 4.52 Å². The second-order valence-corrected chi connectivity index (χ2v) is 5.69. The van der Waals surface area contributed by atoms with Crippen molar-refractivity contribution in [1.29, 1.82) is 0 Å². The van der Waals surface area contributed by atoms with Crippen molar-refractivity contribution in [3.8, 4) is 0 Å². The highest BCUT2D eigenvalue weighted by atomic mass is 16.5. The third kappa shape index (κ3) is 4.41. The zero-order valence-corrected chi connectivity index (χ0v) is 13.7. The lowest BCUT2D eigenvalue weighted by atomic mass is 10.1. The van der Waals surface area contributed by atoms with E-state index in [-0.39, 0.29) is 5.91 Å². The van der Waals surface area contributed by atoms with E-state index in [2.05, 4.69) is 15.5 Å². The highest BCUT2D eigenvalue weighted by molar-refractivity contribution is 5.78. The second-order valence-electron chi connectivity index (χ2n) is 5.69. The number of rotatable bonds is 6. The molecule has 0 spiro atoms. The van der Waals surface area contributed by atoms with Crippen LogP contribution in [-0.4, -0.2) is 22.6 Å². The molecular formula is C17H23N3O2. The van der Waals surface area contributed by atoms with Gasteiger partial charge in [-0.3, -0.25) is 9.78 Å². The third-order valence-corrected chi connectivity index (χ3v) is 3.61. The van der Waals surface area contributed by atoms with Gasteiger partial charge in [-0.2, -0.15) is 0 Å². The molecule has 2 rings (SSSR count). The van der Waals surface area contributed by atoms with Gasteiger partial charge in [-0.05, 0) is 58.2 Å². The summed E-state index contributed by atoms with van der Waals surface area (Å²) >= 11 is 0. The van der Waals surface area contributed by atoms with Gasteiger partial charge in [0.2, 0.25) is 5.91 Å². The van der Waals surface area contributed by atoms with E-state index in [0.29, 0.717) is 13.0 Å². The van der Waals surface area contributed by atoms with Crippen molar-refractivity contribution in [2.75, 3.05) is 6.54 Å². The third-order valence-electron chi connectivity index (χ3n) is 3.61. The van der Waals surface area contributed by atoms with Gasteiger partial charge in [0.25, 0.3) is 0 Å². The summed E-state index contributed by atoms with van der Waals surface area (Å²) in [5.74, 6) is 0.912. The van der Waals surface area contributed by atoms with Gasteiger partial charge in [0.15, 0.2) is 0 Å². The van der Waals surface area contributed by atoms with Crippen LogP contribution in [0.1, 0.15) is 40.4 Å². The maximum atomic E-state index is 12.0. The number of hydrogen-bond acceptors (Lipinski definition) is 4. The lowest BCUT2D eigenvalue weighted by molar-refractivity contribution is -0.120. The molecule has 0 fully saturated rings. The van der Waals surface area contributed by atoms with Crippen LogP contribution in [0.4, 0.5) is 0 Å². The second kappa shape index (κ2) is 7.20. The van der Waals surface area contributed by atoms with E-state index >= 15 is 0 Å². The van der Waals surface area contributed by atoms with Crippen molar-refractivity contribution in [3.63, 3.8) is 0 Å². The van der Waals surface area contributed by atoms with E-state index in [1.165, 1.54) is 0 Å². The number of aromatic nitrogens is 2. The zero-order chi connectivity index (χ0) is 16.1. The summed E-state index contributed by atoms with van der Waals surface area (Å²) in [7, 11) is 0. The summed E-state index contributed by atoms with van der Waals surface area (Å²) in [6, 6.07) is 3.91. The normalized spacial score (nSPS) is 10.7. The average Bonchev–Trinajstić information content (AvgIpc) is 2.73. The summed E-state index contributed by atoms with van der Waals surface area (Å²) in [6.07, 6.45) is 2.15. The van der Waals surface area contributed by atoms with Gasteiger partial charge in [-0.15, -0.1) is 0 Å². The fourth-order valence-electron chi connectivity index (χ4n) is 2.62. The summed E-state index contributed by atoms with van der Waals surface area (Å²) in [5.41, 5.74) is 4.98. The Bertz CT molecular complexity index is 622. The van der Waals surface area contributed by atoms with Crippen molar-refractivity contribution in [1.82, 2.24) is 15.5 Å². The van der Waals surface area contributed by atoms with Gasteiger partial charge in [0.05, 0.1) is 12.1 Å². The molecule has 2 aromatic heterocycles. The lowest BCUT2D eigenvalue weighted by Gasteiger charge is -2.07. The molecule has 118 valence electrons. The highest BCUT2D eigenvalue weighted by Crippen LogP contribution is 2.13. The van der Waals surface area contributed by atoms with E-state index in [1.807, 2.05) is 39.8 Å². The number of carbonyl (C=O) groups excluding carboxylic acids is 1. The molecule has 0 aliphatic rings. The number of pyridine rings is 1. The first-order valence-corrected chi connectivity index (χ1v) is 7.58. The van der Waals surface area contributed by atoms with Crippen LogP contribution in [-0.2, 0) is 17.6 Å². The molecule has 0 radical (unpaired) electrons. The Morgan fingerprint density at radius 3 is 2.45 bits per heavy atom. The topological polar surface area (TPSA) is 68.0 Å². The highest BCUT2D eigenvalue weighted by Gasteiger charge is 2.09. The van der Waals surface area contributed by atoms with Crippen molar-refractivity contribution < 1.29 is 9.32 Å². The molecule has 1 N–H and O–H groups in total. The lowest BCUT2D eigenvalue weighted by Crippen LogP contribution is -2.26. The van der Waals surface area contributed by atoms with Gasteiger partial charge in [-0.1, -0.05) is 5.16 Å². The minimum atomic E-state index is 0.0452. The van der Waals surface area contributed by atoms with Crippen molar-refractivity contribution in [2.24, 2.45) is 0 Å².